The molecule has 0 spiro atoms. The van der Waals surface area contributed by atoms with Crippen molar-refractivity contribution in [2.24, 2.45) is 0 Å². The van der Waals surface area contributed by atoms with Gasteiger partial charge in [-0.15, -0.1) is 11.3 Å². The third kappa shape index (κ3) is 2.51. The van der Waals surface area contributed by atoms with Crippen molar-refractivity contribution >= 4 is 11.3 Å². The van der Waals surface area contributed by atoms with Crippen LogP contribution in [0.3, 0.4) is 0 Å². The normalized spacial score (nSPS) is 25.5. The molecule has 4 nitrogen and oxygen atoms in total. The third-order valence-electron chi connectivity index (χ3n) is 5.09. The summed E-state index contributed by atoms with van der Waals surface area (Å²) >= 11 is 1.71. The van der Waals surface area contributed by atoms with Gasteiger partial charge in [0.2, 0.25) is 5.89 Å². The smallest absolute Gasteiger partial charge is 0.237 e. The Morgan fingerprint density at radius 2 is 2.18 bits per heavy atom. The van der Waals surface area contributed by atoms with Crippen molar-refractivity contribution in [3.8, 4) is 10.8 Å². The Bertz CT molecular complexity index is 649. The van der Waals surface area contributed by atoms with E-state index in [1.807, 2.05) is 6.92 Å². The van der Waals surface area contributed by atoms with Crippen LogP contribution in [0.1, 0.15) is 36.3 Å². The van der Waals surface area contributed by atoms with Crippen LogP contribution in [-0.2, 0) is 6.54 Å². The van der Waals surface area contributed by atoms with Crippen LogP contribution in [0.5, 0.6) is 0 Å². The maximum atomic E-state index is 5.96. The molecule has 2 aliphatic heterocycles. The molecule has 0 aromatic carbocycles. The van der Waals surface area contributed by atoms with Crippen LogP contribution in [0.25, 0.3) is 10.8 Å². The molecule has 2 atom stereocenters. The van der Waals surface area contributed by atoms with Gasteiger partial charge in [0.1, 0.15) is 5.76 Å². The maximum Gasteiger partial charge on any atom is 0.237 e. The van der Waals surface area contributed by atoms with Gasteiger partial charge in [-0.3, -0.25) is 4.90 Å². The van der Waals surface area contributed by atoms with Crippen molar-refractivity contribution < 1.29 is 4.42 Å². The highest BCUT2D eigenvalue weighted by atomic mass is 32.1. The SMILES string of the molecule is Cc1ccsc1-c1nc(CN2[C@H]3CCNC[C@@H]2CC3)c(C)o1. The highest BCUT2D eigenvalue weighted by molar-refractivity contribution is 7.13. The summed E-state index contributed by atoms with van der Waals surface area (Å²) in [5.41, 5.74) is 2.36. The first-order chi connectivity index (χ1) is 10.7. The fraction of sp³-hybridized carbons (Fsp3) is 0.588. The molecule has 0 unspecified atom stereocenters. The fourth-order valence-corrected chi connectivity index (χ4v) is 4.63. The molecule has 2 aromatic heterocycles. The van der Waals surface area contributed by atoms with E-state index in [0.29, 0.717) is 12.1 Å². The Kier molecular flexibility index (Phi) is 3.80. The quantitative estimate of drug-likeness (QED) is 0.942. The monoisotopic (exact) mass is 317 g/mol. The van der Waals surface area contributed by atoms with E-state index in [0.717, 1.165) is 41.9 Å². The van der Waals surface area contributed by atoms with E-state index in [1.54, 1.807) is 11.3 Å². The second kappa shape index (κ2) is 5.80. The van der Waals surface area contributed by atoms with Gasteiger partial charge in [-0.2, -0.15) is 0 Å². The summed E-state index contributed by atoms with van der Waals surface area (Å²) in [6.45, 7) is 7.36. The lowest BCUT2D eigenvalue weighted by Crippen LogP contribution is -2.37. The summed E-state index contributed by atoms with van der Waals surface area (Å²) in [6, 6.07) is 3.50. The zero-order chi connectivity index (χ0) is 15.1. The number of hydrogen-bond acceptors (Lipinski definition) is 5. The first-order valence-corrected chi connectivity index (χ1v) is 9.07. The summed E-state index contributed by atoms with van der Waals surface area (Å²) < 4.78 is 5.96. The number of hydrogen-bond donors (Lipinski definition) is 1. The van der Waals surface area contributed by atoms with Crippen LogP contribution in [0.4, 0.5) is 0 Å². The first kappa shape index (κ1) is 14.4. The van der Waals surface area contributed by atoms with Crippen molar-refractivity contribution in [3.05, 3.63) is 28.5 Å². The Morgan fingerprint density at radius 1 is 1.32 bits per heavy atom. The number of oxazole rings is 1. The van der Waals surface area contributed by atoms with E-state index < -0.39 is 0 Å². The van der Waals surface area contributed by atoms with Crippen LogP contribution < -0.4 is 5.32 Å². The van der Waals surface area contributed by atoms with Crippen molar-refractivity contribution in [1.29, 1.82) is 0 Å². The number of thiophene rings is 1. The average Bonchev–Trinajstić information content (AvgIpc) is 3.10. The van der Waals surface area contributed by atoms with Gasteiger partial charge in [0.25, 0.3) is 0 Å². The molecular weight excluding hydrogens is 294 g/mol. The molecule has 5 heteroatoms. The molecule has 0 saturated carbocycles. The number of rotatable bonds is 3. The Labute approximate surface area is 135 Å². The number of nitrogens with one attached hydrogen (secondary N) is 1. The molecule has 4 rings (SSSR count). The lowest BCUT2D eigenvalue weighted by Gasteiger charge is -2.26. The predicted octanol–water partition coefficient (Wildman–Crippen LogP) is 3.35. The van der Waals surface area contributed by atoms with E-state index in [4.69, 9.17) is 9.40 Å². The molecule has 2 bridgehead atoms. The maximum absolute atomic E-state index is 5.96. The highest BCUT2D eigenvalue weighted by Gasteiger charge is 2.35. The Balaban J connectivity index is 1.58. The van der Waals surface area contributed by atoms with Gasteiger partial charge in [0.15, 0.2) is 0 Å². The van der Waals surface area contributed by atoms with Crippen LogP contribution in [-0.4, -0.2) is 35.1 Å². The van der Waals surface area contributed by atoms with Gasteiger partial charge in [0, 0.05) is 25.2 Å². The Morgan fingerprint density at radius 3 is 3.00 bits per heavy atom. The molecule has 22 heavy (non-hydrogen) atoms. The lowest BCUT2D eigenvalue weighted by atomic mass is 10.1. The molecule has 0 aliphatic carbocycles. The molecular formula is C17H23N3OS. The van der Waals surface area contributed by atoms with Gasteiger partial charge in [-0.05, 0) is 56.7 Å². The summed E-state index contributed by atoms with van der Waals surface area (Å²) in [4.78, 5) is 8.63. The molecule has 4 heterocycles. The van der Waals surface area contributed by atoms with Crippen LogP contribution >= 0.6 is 11.3 Å². The zero-order valence-corrected chi connectivity index (χ0v) is 14.1. The van der Waals surface area contributed by atoms with E-state index in [9.17, 15) is 0 Å². The van der Waals surface area contributed by atoms with Crippen molar-refractivity contribution in [2.75, 3.05) is 13.1 Å². The molecule has 2 fully saturated rings. The molecule has 2 saturated heterocycles. The summed E-state index contributed by atoms with van der Waals surface area (Å²) in [5, 5.41) is 5.66. The van der Waals surface area contributed by atoms with E-state index in [2.05, 4.69) is 28.6 Å². The summed E-state index contributed by atoms with van der Waals surface area (Å²) in [7, 11) is 0. The minimum atomic E-state index is 0.663. The van der Waals surface area contributed by atoms with Crippen LogP contribution in [0.15, 0.2) is 15.9 Å². The molecule has 0 radical (unpaired) electrons. The van der Waals surface area contributed by atoms with Crippen LogP contribution in [0.2, 0.25) is 0 Å². The van der Waals surface area contributed by atoms with Gasteiger partial charge < -0.3 is 9.73 Å². The third-order valence-corrected chi connectivity index (χ3v) is 6.09. The number of aryl methyl sites for hydroxylation is 2. The Hall–Kier alpha value is -1.17. The molecule has 2 aromatic rings. The van der Waals surface area contributed by atoms with Gasteiger partial charge >= 0.3 is 0 Å². The second-order valence-corrected chi connectivity index (χ2v) is 7.42. The average molecular weight is 317 g/mol. The number of fused-ring (bicyclic) bond motifs is 2. The number of nitrogens with zero attached hydrogens (tertiary/aromatic N) is 2. The largest absolute Gasteiger partial charge is 0.440 e. The zero-order valence-electron chi connectivity index (χ0n) is 13.3. The molecule has 2 aliphatic rings. The van der Waals surface area contributed by atoms with E-state index in [1.165, 1.54) is 24.8 Å². The van der Waals surface area contributed by atoms with Gasteiger partial charge in [-0.1, -0.05) is 0 Å². The highest BCUT2D eigenvalue weighted by Crippen LogP contribution is 2.33. The summed E-state index contributed by atoms with van der Waals surface area (Å²) in [6.07, 6.45) is 3.90. The molecule has 118 valence electrons. The van der Waals surface area contributed by atoms with Gasteiger partial charge in [-0.25, -0.2) is 4.98 Å². The topological polar surface area (TPSA) is 41.3 Å². The number of aromatic nitrogens is 1. The minimum absolute atomic E-state index is 0.663. The minimum Gasteiger partial charge on any atom is -0.440 e. The van der Waals surface area contributed by atoms with Crippen molar-refractivity contribution in [1.82, 2.24) is 15.2 Å². The van der Waals surface area contributed by atoms with E-state index in [-0.39, 0.29) is 0 Å². The molecule has 0 amide bonds. The summed E-state index contributed by atoms with van der Waals surface area (Å²) in [5.74, 6) is 1.76. The fourth-order valence-electron chi connectivity index (χ4n) is 3.78. The van der Waals surface area contributed by atoms with Crippen LogP contribution in [0, 0.1) is 13.8 Å². The second-order valence-electron chi connectivity index (χ2n) is 6.50. The molecule has 1 N–H and O–H groups in total. The predicted molar refractivity (Wildman–Crippen MR) is 89.1 cm³/mol. The van der Waals surface area contributed by atoms with Crippen molar-refractivity contribution in [2.45, 2.75) is 51.7 Å². The first-order valence-electron chi connectivity index (χ1n) is 8.19. The standard InChI is InChI=1S/C17H23N3OS/c1-11-6-8-22-16(11)17-19-15(12(2)21-17)10-20-13-3-4-14(20)9-18-7-5-13/h6,8,13-14,18H,3-5,7,9-10H2,1-2H3/t13-,14+/m1/s1. The lowest BCUT2D eigenvalue weighted by molar-refractivity contribution is 0.190. The van der Waals surface area contributed by atoms with Crippen molar-refractivity contribution in [3.63, 3.8) is 0 Å². The van der Waals surface area contributed by atoms with E-state index >= 15 is 0 Å². The van der Waals surface area contributed by atoms with Gasteiger partial charge in [0.05, 0.1) is 10.6 Å².